The summed E-state index contributed by atoms with van der Waals surface area (Å²) in [5.74, 6) is 1.43. The summed E-state index contributed by atoms with van der Waals surface area (Å²) in [5.41, 5.74) is 2.58. The fourth-order valence-corrected chi connectivity index (χ4v) is 5.95. The molecule has 2 N–H and O–H groups in total. The number of hydrogen-bond donors (Lipinski definition) is 2. The van der Waals surface area contributed by atoms with Crippen LogP contribution >= 0.6 is 0 Å². The fraction of sp³-hybridized carbons (Fsp3) is 0.417. The number of methoxy groups -OCH3 is 1. The van der Waals surface area contributed by atoms with Crippen LogP contribution in [0.25, 0.3) is 0 Å². The Hall–Kier alpha value is -3.97. The van der Waals surface area contributed by atoms with E-state index in [9.17, 15) is 14.4 Å². The molecule has 0 amide bonds. The molecule has 2 aliphatic carbocycles. The molecular weight excluding hydrogens is 540 g/mol. The summed E-state index contributed by atoms with van der Waals surface area (Å²) >= 11 is 0. The highest BCUT2D eigenvalue weighted by Gasteiger charge is 2.39. The molecule has 5 rings (SSSR count). The Kier molecular flexibility index (Phi) is 10.6. The molecule has 3 aromatic rings. The van der Waals surface area contributed by atoms with Gasteiger partial charge in [0.15, 0.2) is 11.6 Å². The Morgan fingerprint density at radius 1 is 0.860 bits per heavy atom. The number of carbonyl (C=O) groups is 3. The molecule has 0 radical (unpaired) electrons. The smallest absolute Gasteiger partial charge is 0.328 e. The van der Waals surface area contributed by atoms with E-state index in [4.69, 9.17) is 9.47 Å². The van der Waals surface area contributed by atoms with E-state index in [2.05, 4.69) is 10.6 Å². The van der Waals surface area contributed by atoms with Crippen LogP contribution in [0.1, 0.15) is 66.4 Å². The Morgan fingerprint density at radius 3 is 2.26 bits per heavy atom. The lowest BCUT2D eigenvalue weighted by molar-refractivity contribution is -0.141. The van der Waals surface area contributed by atoms with E-state index >= 15 is 0 Å². The molecular formula is C36H42N2O5. The van der Waals surface area contributed by atoms with Crippen molar-refractivity contribution in [2.24, 2.45) is 11.8 Å². The number of carbonyl (C=O) groups excluding carboxylic acids is 3. The number of nitrogens with one attached hydrogen (secondary N) is 2. The molecule has 7 nitrogen and oxygen atoms in total. The van der Waals surface area contributed by atoms with Gasteiger partial charge in [0.25, 0.3) is 0 Å². The minimum atomic E-state index is -0.682. The molecule has 0 aliphatic heterocycles. The van der Waals surface area contributed by atoms with E-state index in [1.807, 2.05) is 54.6 Å². The van der Waals surface area contributed by atoms with E-state index in [-0.39, 0.29) is 17.7 Å². The zero-order chi connectivity index (χ0) is 30.0. The number of ketones is 2. The van der Waals surface area contributed by atoms with Gasteiger partial charge in [0.05, 0.1) is 19.8 Å². The van der Waals surface area contributed by atoms with Crippen molar-refractivity contribution >= 4 is 23.2 Å². The quantitative estimate of drug-likeness (QED) is 0.121. The van der Waals surface area contributed by atoms with Gasteiger partial charge in [-0.05, 0) is 74.4 Å². The molecule has 0 aromatic heterocycles. The maximum Gasteiger partial charge on any atom is 0.328 e. The topological polar surface area (TPSA) is 93.7 Å². The van der Waals surface area contributed by atoms with Gasteiger partial charge >= 0.3 is 5.97 Å². The molecule has 0 spiro atoms. The van der Waals surface area contributed by atoms with Crippen molar-refractivity contribution in [2.75, 3.05) is 25.6 Å². The molecule has 2 saturated carbocycles. The Bertz CT molecular complexity index is 1360. The Balaban J connectivity index is 1.12. The number of anilines is 1. The van der Waals surface area contributed by atoms with E-state index < -0.39 is 12.0 Å². The second-order valence-electron chi connectivity index (χ2n) is 11.7. The second-order valence-corrected chi connectivity index (χ2v) is 11.7. The molecule has 2 unspecified atom stereocenters. The molecule has 226 valence electrons. The highest BCUT2D eigenvalue weighted by atomic mass is 16.5. The number of hydrogen-bond acceptors (Lipinski definition) is 7. The van der Waals surface area contributed by atoms with Crippen molar-refractivity contribution in [1.82, 2.24) is 5.32 Å². The van der Waals surface area contributed by atoms with Gasteiger partial charge in [0.2, 0.25) is 0 Å². The largest absolute Gasteiger partial charge is 0.494 e. The van der Waals surface area contributed by atoms with Crippen molar-refractivity contribution in [3.63, 3.8) is 0 Å². The van der Waals surface area contributed by atoms with E-state index in [1.54, 1.807) is 24.3 Å². The number of ether oxygens (including phenoxy) is 2. The normalized spacial score (nSPS) is 16.3. The second kappa shape index (κ2) is 15.0. The third-order valence-corrected chi connectivity index (χ3v) is 8.50. The van der Waals surface area contributed by atoms with Crippen molar-refractivity contribution in [2.45, 2.75) is 63.5 Å². The minimum Gasteiger partial charge on any atom is -0.494 e. The Morgan fingerprint density at radius 2 is 1.56 bits per heavy atom. The van der Waals surface area contributed by atoms with Crippen LogP contribution in [0.2, 0.25) is 0 Å². The van der Waals surface area contributed by atoms with Crippen LogP contribution in [0.4, 0.5) is 5.69 Å². The average molecular weight is 583 g/mol. The first kappa shape index (κ1) is 30.5. The summed E-state index contributed by atoms with van der Waals surface area (Å²) in [7, 11) is 1.36. The predicted molar refractivity (Wildman–Crippen MR) is 167 cm³/mol. The first-order chi connectivity index (χ1) is 21.0. The van der Waals surface area contributed by atoms with Crippen molar-refractivity contribution in [3.8, 4) is 5.75 Å². The van der Waals surface area contributed by atoms with Gasteiger partial charge in [0, 0.05) is 29.2 Å². The minimum absolute atomic E-state index is 0.0159. The number of rotatable bonds is 16. The van der Waals surface area contributed by atoms with Crippen LogP contribution in [0.15, 0.2) is 78.9 Å². The lowest BCUT2D eigenvalue weighted by Crippen LogP contribution is -2.42. The maximum atomic E-state index is 13.2. The van der Waals surface area contributed by atoms with E-state index in [0.29, 0.717) is 41.5 Å². The summed E-state index contributed by atoms with van der Waals surface area (Å²) in [6.45, 7) is 1.32. The number of benzene rings is 3. The molecule has 7 heteroatoms. The zero-order valence-electron chi connectivity index (χ0n) is 24.9. The highest BCUT2D eigenvalue weighted by molar-refractivity contribution is 6.12. The molecule has 2 aliphatic rings. The van der Waals surface area contributed by atoms with Crippen LogP contribution in [-0.4, -0.2) is 49.9 Å². The molecule has 3 aromatic carbocycles. The molecule has 2 fully saturated rings. The van der Waals surface area contributed by atoms with Gasteiger partial charge in [-0.1, -0.05) is 67.4 Å². The van der Waals surface area contributed by atoms with E-state index in [1.165, 1.54) is 20.0 Å². The fourth-order valence-electron chi connectivity index (χ4n) is 5.95. The van der Waals surface area contributed by atoms with Crippen LogP contribution < -0.4 is 15.4 Å². The standard InChI is InChI=1S/C36H42N2O5/c1-42-36(41)32(38-31-15-8-7-14-30(31)34(39)27-10-3-2-4-11-27)24-25-16-20-29(21-17-25)43-23-9-22-37-33(26-18-19-26)35(40)28-12-5-6-13-28/h2-4,7-8,10-11,14-17,20-21,26,28,32-33,37-38H,5-6,9,12-13,18-19,22-24H2,1H3. The molecule has 2 atom stereocenters. The van der Waals surface area contributed by atoms with Crippen LogP contribution in [-0.2, 0) is 20.7 Å². The number of esters is 1. The Labute approximate surface area is 254 Å². The SMILES string of the molecule is COC(=O)C(Cc1ccc(OCCCNC(C(=O)C2CCCC2)C2CC2)cc1)Nc1ccccc1C(=O)c1ccccc1. The third kappa shape index (κ3) is 8.32. The lowest BCUT2D eigenvalue weighted by Gasteiger charge is -2.21. The van der Waals surface area contributed by atoms with Crippen molar-refractivity contribution in [3.05, 3.63) is 95.6 Å². The van der Waals surface area contributed by atoms with Crippen LogP contribution in [0.5, 0.6) is 5.75 Å². The van der Waals surface area contributed by atoms with E-state index in [0.717, 1.165) is 50.0 Å². The maximum absolute atomic E-state index is 13.2. The average Bonchev–Trinajstić information content (AvgIpc) is 3.74. The van der Waals surface area contributed by atoms with Gasteiger partial charge in [0.1, 0.15) is 11.8 Å². The predicted octanol–water partition coefficient (Wildman–Crippen LogP) is 6.01. The molecule has 0 saturated heterocycles. The monoisotopic (exact) mass is 582 g/mol. The van der Waals surface area contributed by atoms with Crippen LogP contribution in [0.3, 0.4) is 0 Å². The van der Waals surface area contributed by atoms with Crippen molar-refractivity contribution < 1.29 is 23.9 Å². The number of Topliss-reactive ketones (excluding diaryl/α,β-unsaturated/α-hetero) is 1. The molecule has 43 heavy (non-hydrogen) atoms. The summed E-state index contributed by atoms with van der Waals surface area (Å²) < 4.78 is 11.0. The highest BCUT2D eigenvalue weighted by Crippen LogP contribution is 2.36. The summed E-state index contributed by atoms with van der Waals surface area (Å²) in [6, 6.07) is 23.3. The lowest BCUT2D eigenvalue weighted by atomic mass is 9.94. The van der Waals surface area contributed by atoms with Crippen LogP contribution in [0, 0.1) is 11.8 Å². The third-order valence-electron chi connectivity index (χ3n) is 8.50. The summed E-state index contributed by atoms with van der Waals surface area (Å²) in [5, 5.41) is 6.78. The van der Waals surface area contributed by atoms with Gasteiger partial charge in [-0.25, -0.2) is 4.79 Å². The first-order valence-electron chi connectivity index (χ1n) is 15.6. The van der Waals surface area contributed by atoms with Gasteiger partial charge in [-0.3, -0.25) is 9.59 Å². The van der Waals surface area contributed by atoms with Gasteiger partial charge < -0.3 is 20.1 Å². The zero-order valence-corrected chi connectivity index (χ0v) is 24.9. The summed E-state index contributed by atoms with van der Waals surface area (Å²) in [4.78, 5) is 38.9. The molecule has 0 bridgehead atoms. The summed E-state index contributed by atoms with van der Waals surface area (Å²) in [6.07, 6.45) is 7.99. The van der Waals surface area contributed by atoms with Gasteiger partial charge in [-0.15, -0.1) is 0 Å². The molecule has 0 heterocycles. The van der Waals surface area contributed by atoms with Crippen molar-refractivity contribution in [1.29, 1.82) is 0 Å². The first-order valence-corrected chi connectivity index (χ1v) is 15.6. The number of para-hydroxylation sites is 1. The van der Waals surface area contributed by atoms with Gasteiger partial charge in [-0.2, -0.15) is 0 Å².